The second-order valence-electron chi connectivity index (χ2n) is 12.8. The van der Waals surface area contributed by atoms with Gasteiger partial charge in [-0.3, -0.25) is 14.7 Å². The van der Waals surface area contributed by atoms with Gasteiger partial charge in [0.15, 0.2) is 5.82 Å². The van der Waals surface area contributed by atoms with Crippen molar-refractivity contribution in [3.05, 3.63) is 60.6 Å². The van der Waals surface area contributed by atoms with Gasteiger partial charge >= 0.3 is 6.01 Å². The standard InChI is InChI=1S/C36H35F3N6O3/c1-3-22-9-5-10-23-17-24(46)18-25(29(22)23)31-30(37)32-26(19-40-31)33(44-14-8-13-36(38,39)27(20-44)41-28(47)4-2)43-34(42-32)48-21-35-11-6-15-45(35)16-7-12-35/h1,4-5,9-10,17-19,27,46H,2,6-8,11-16,20-21H2,(H,41,47). The van der Waals surface area contributed by atoms with Crippen LogP contribution in [0.15, 0.2) is 49.2 Å². The van der Waals surface area contributed by atoms with Crippen molar-refractivity contribution in [1.82, 2.24) is 25.2 Å². The molecule has 3 saturated heterocycles. The lowest BCUT2D eigenvalue weighted by Crippen LogP contribution is -2.52. The first-order chi connectivity index (χ1) is 23.1. The number of terminal acetylenes is 1. The first-order valence-corrected chi connectivity index (χ1v) is 16.1. The van der Waals surface area contributed by atoms with Crippen LogP contribution in [0.25, 0.3) is 32.9 Å². The van der Waals surface area contributed by atoms with Crippen molar-refractivity contribution in [1.29, 1.82) is 0 Å². The summed E-state index contributed by atoms with van der Waals surface area (Å²) in [5, 5.41) is 14.3. The summed E-state index contributed by atoms with van der Waals surface area (Å²) in [7, 11) is 0. The Labute approximate surface area is 275 Å². The molecule has 3 aliphatic heterocycles. The number of carbonyl (C=O) groups excluding carboxylic acids is 1. The van der Waals surface area contributed by atoms with Gasteiger partial charge in [-0.1, -0.05) is 24.6 Å². The molecule has 12 heteroatoms. The fourth-order valence-electron chi connectivity index (χ4n) is 7.59. The summed E-state index contributed by atoms with van der Waals surface area (Å²) in [6, 6.07) is 6.53. The molecule has 0 radical (unpaired) electrons. The van der Waals surface area contributed by atoms with E-state index >= 15 is 13.2 Å². The Balaban J connectivity index is 1.37. The SMILES string of the molecule is C#Cc1cccc2cc(O)cc(-c3ncc4c(N5CCCC(F)(F)C(NC(=O)C=C)C5)nc(OCC56CCCN5CCC6)nc4c3F)c12. The van der Waals surface area contributed by atoms with Crippen LogP contribution in [0, 0.1) is 18.2 Å². The Morgan fingerprint density at radius 1 is 1.17 bits per heavy atom. The van der Waals surface area contributed by atoms with E-state index in [0.717, 1.165) is 44.8 Å². The Kier molecular flexibility index (Phi) is 8.11. The molecule has 48 heavy (non-hydrogen) atoms. The molecular weight excluding hydrogens is 621 g/mol. The van der Waals surface area contributed by atoms with Crippen molar-refractivity contribution < 1.29 is 27.8 Å². The minimum absolute atomic E-state index is 0.0885. The molecule has 2 N–H and O–H groups in total. The molecule has 3 fully saturated rings. The molecule has 0 saturated carbocycles. The summed E-state index contributed by atoms with van der Waals surface area (Å²) in [6.45, 7) is 5.51. The Morgan fingerprint density at radius 2 is 1.94 bits per heavy atom. The topological polar surface area (TPSA) is 104 Å². The Hall–Kier alpha value is -4.89. The number of nitrogens with one attached hydrogen (secondary N) is 1. The third-order valence-electron chi connectivity index (χ3n) is 9.95. The number of hydrogen-bond acceptors (Lipinski definition) is 8. The monoisotopic (exact) mass is 656 g/mol. The van der Waals surface area contributed by atoms with Crippen molar-refractivity contribution in [2.75, 3.05) is 37.7 Å². The highest BCUT2D eigenvalue weighted by molar-refractivity contribution is 6.02. The van der Waals surface area contributed by atoms with Crippen molar-refractivity contribution in [2.24, 2.45) is 0 Å². The number of aromatic hydroxyl groups is 1. The molecule has 1 atom stereocenters. The Bertz CT molecular complexity index is 1970. The minimum Gasteiger partial charge on any atom is -0.508 e. The van der Waals surface area contributed by atoms with Crippen LogP contribution < -0.4 is 15.0 Å². The number of rotatable bonds is 7. The van der Waals surface area contributed by atoms with Crippen LogP contribution in [0.5, 0.6) is 11.8 Å². The van der Waals surface area contributed by atoms with Gasteiger partial charge in [0.1, 0.15) is 35.4 Å². The quantitative estimate of drug-likeness (QED) is 0.196. The summed E-state index contributed by atoms with van der Waals surface area (Å²) in [5.74, 6) is -2.04. The zero-order chi connectivity index (χ0) is 33.6. The maximum atomic E-state index is 16.9. The van der Waals surface area contributed by atoms with Crippen molar-refractivity contribution >= 4 is 33.4 Å². The summed E-state index contributed by atoms with van der Waals surface area (Å²) in [6.07, 6.45) is 11.8. The van der Waals surface area contributed by atoms with Crippen molar-refractivity contribution in [3.63, 3.8) is 0 Å². The maximum Gasteiger partial charge on any atom is 0.319 e. The number of amides is 1. The number of halogens is 3. The molecular formula is C36H35F3N6O3. The second-order valence-corrected chi connectivity index (χ2v) is 12.8. The molecule has 1 amide bonds. The number of nitrogens with zero attached hydrogens (tertiary/aromatic N) is 5. The lowest BCUT2D eigenvalue weighted by atomic mass is 9.95. The van der Waals surface area contributed by atoms with Gasteiger partial charge < -0.3 is 20.1 Å². The van der Waals surface area contributed by atoms with E-state index in [0.29, 0.717) is 22.9 Å². The third kappa shape index (κ3) is 5.56. The zero-order valence-electron chi connectivity index (χ0n) is 26.3. The van der Waals surface area contributed by atoms with Gasteiger partial charge in [-0.05, 0) is 74.9 Å². The molecule has 0 bridgehead atoms. The lowest BCUT2D eigenvalue weighted by Gasteiger charge is -2.32. The molecule has 7 rings (SSSR count). The highest BCUT2D eigenvalue weighted by atomic mass is 19.3. The van der Waals surface area contributed by atoms with E-state index < -0.39 is 30.1 Å². The molecule has 2 aromatic heterocycles. The number of pyridine rings is 1. The fraction of sp³-hybridized carbons (Fsp3) is 0.389. The van der Waals surface area contributed by atoms with Crippen molar-refractivity contribution in [3.8, 4) is 35.4 Å². The van der Waals surface area contributed by atoms with Gasteiger partial charge in [0, 0.05) is 42.2 Å². The summed E-state index contributed by atoms with van der Waals surface area (Å²) < 4.78 is 53.6. The molecule has 1 unspecified atom stereocenters. The van der Waals surface area contributed by atoms with Crippen LogP contribution in [0.1, 0.15) is 44.1 Å². The van der Waals surface area contributed by atoms with Gasteiger partial charge in [0.25, 0.3) is 5.92 Å². The average Bonchev–Trinajstić information content (AvgIpc) is 3.62. The van der Waals surface area contributed by atoms with Crippen LogP contribution in [0.3, 0.4) is 0 Å². The van der Waals surface area contributed by atoms with E-state index in [4.69, 9.17) is 11.2 Å². The van der Waals surface area contributed by atoms with Crippen molar-refractivity contribution in [2.45, 2.75) is 56.0 Å². The average molecular weight is 657 g/mol. The minimum atomic E-state index is -3.20. The predicted octanol–water partition coefficient (Wildman–Crippen LogP) is 5.58. The molecule has 9 nitrogen and oxygen atoms in total. The predicted molar refractivity (Wildman–Crippen MR) is 177 cm³/mol. The van der Waals surface area contributed by atoms with Crippen LogP contribution in [-0.2, 0) is 4.79 Å². The van der Waals surface area contributed by atoms with Gasteiger partial charge in [-0.2, -0.15) is 9.97 Å². The van der Waals surface area contributed by atoms with E-state index in [1.165, 1.54) is 18.3 Å². The second kappa shape index (κ2) is 12.3. The van der Waals surface area contributed by atoms with E-state index in [2.05, 4.69) is 37.7 Å². The van der Waals surface area contributed by atoms with Gasteiger partial charge in [-0.25, -0.2) is 13.2 Å². The lowest BCUT2D eigenvalue weighted by molar-refractivity contribution is -0.121. The van der Waals surface area contributed by atoms with Gasteiger partial charge in [0.2, 0.25) is 5.91 Å². The fourth-order valence-corrected chi connectivity index (χ4v) is 7.59. The Morgan fingerprint density at radius 3 is 2.69 bits per heavy atom. The molecule has 248 valence electrons. The highest BCUT2D eigenvalue weighted by Gasteiger charge is 2.46. The number of fused-ring (bicyclic) bond motifs is 3. The molecule has 0 spiro atoms. The number of ether oxygens (including phenoxy) is 1. The normalized spacial score (nSPS) is 20.3. The highest BCUT2D eigenvalue weighted by Crippen LogP contribution is 2.41. The molecule has 4 aromatic rings. The first-order valence-electron chi connectivity index (χ1n) is 16.1. The summed E-state index contributed by atoms with van der Waals surface area (Å²) >= 11 is 0. The number of aromatic nitrogens is 3. The van der Waals surface area contributed by atoms with Gasteiger partial charge in [0.05, 0.1) is 10.9 Å². The molecule has 0 aliphatic carbocycles. The molecule has 2 aromatic carbocycles. The number of phenolic OH excluding ortho intramolecular Hbond substituents is 1. The number of anilines is 1. The van der Waals surface area contributed by atoms with E-state index in [1.807, 2.05) is 0 Å². The summed E-state index contributed by atoms with van der Waals surface area (Å²) in [4.78, 5) is 29.9. The van der Waals surface area contributed by atoms with E-state index in [9.17, 15) is 9.90 Å². The molecule has 5 heterocycles. The number of benzene rings is 2. The number of carbonyl (C=O) groups is 1. The number of phenols is 1. The van der Waals surface area contributed by atoms with Crippen LogP contribution >= 0.6 is 0 Å². The van der Waals surface area contributed by atoms with Crippen LogP contribution in [0.2, 0.25) is 0 Å². The van der Waals surface area contributed by atoms with E-state index in [1.54, 1.807) is 23.1 Å². The zero-order valence-corrected chi connectivity index (χ0v) is 26.3. The third-order valence-corrected chi connectivity index (χ3v) is 9.95. The maximum absolute atomic E-state index is 16.9. The van der Waals surface area contributed by atoms with E-state index in [-0.39, 0.29) is 64.8 Å². The number of hydrogen-bond donors (Lipinski definition) is 2. The first kappa shape index (κ1) is 31.7. The number of alkyl halides is 2. The van der Waals surface area contributed by atoms with Gasteiger partial charge in [-0.15, -0.1) is 6.42 Å². The van der Waals surface area contributed by atoms with Crippen LogP contribution in [-0.4, -0.2) is 81.2 Å². The largest absolute Gasteiger partial charge is 0.508 e. The smallest absolute Gasteiger partial charge is 0.319 e. The molecule has 3 aliphatic rings. The van der Waals surface area contributed by atoms with Crippen LogP contribution in [0.4, 0.5) is 19.0 Å². The summed E-state index contributed by atoms with van der Waals surface area (Å²) in [5.41, 5.74) is 0.387.